The summed E-state index contributed by atoms with van der Waals surface area (Å²) in [4.78, 5) is 2.69. The second-order valence-electron chi connectivity index (χ2n) is 9.85. The van der Waals surface area contributed by atoms with Gasteiger partial charge in [-0.1, -0.05) is 68.9 Å². The number of hydrogen-bond donors (Lipinski definition) is 0. The van der Waals surface area contributed by atoms with Crippen molar-refractivity contribution in [2.75, 3.05) is 19.6 Å². The smallest absolute Gasteiger partial charge is 0.0485 e. The first kappa shape index (κ1) is 20.4. The number of halogens is 1. The first-order chi connectivity index (χ1) is 14.5. The highest BCUT2D eigenvalue weighted by Crippen LogP contribution is 2.42. The van der Waals surface area contributed by atoms with E-state index in [0.29, 0.717) is 5.41 Å². The zero-order chi connectivity index (χ0) is 20.7. The summed E-state index contributed by atoms with van der Waals surface area (Å²) >= 11 is -0.0698. The number of para-hydroxylation sites is 1. The summed E-state index contributed by atoms with van der Waals surface area (Å²) in [5.41, 5.74) is 6.38. The molecule has 1 saturated carbocycles. The van der Waals surface area contributed by atoms with Gasteiger partial charge in [0.05, 0.1) is 0 Å². The van der Waals surface area contributed by atoms with Gasteiger partial charge in [-0.3, -0.25) is 0 Å². The van der Waals surface area contributed by atoms with Crippen molar-refractivity contribution in [3.05, 3.63) is 68.9 Å². The fourth-order valence-electron chi connectivity index (χ4n) is 5.51. The monoisotopic (exact) mass is 512 g/mol. The molecule has 0 amide bonds. The summed E-state index contributed by atoms with van der Waals surface area (Å²) < 4.78 is 8.13. The molecule has 1 aliphatic heterocycles. The molecule has 2 nitrogen and oxygen atoms in total. The van der Waals surface area contributed by atoms with E-state index in [2.05, 4.69) is 76.4 Å². The quantitative estimate of drug-likeness (QED) is 0.341. The number of likely N-dealkylation sites (tertiary alicyclic amines) is 1. The first-order valence-electron chi connectivity index (χ1n) is 11.3. The van der Waals surface area contributed by atoms with Crippen LogP contribution in [0.4, 0.5) is 0 Å². The normalized spacial score (nSPS) is 19.0. The van der Waals surface area contributed by atoms with Crippen LogP contribution in [0.1, 0.15) is 43.0 Å². The Morgan fingerprint density at radius 3 is 2.47 bits per heavy atom. The third kappa shape index (κ3) is 3.91. The van der Waals surface area contributed by atoms with E-state index in [1.807, 2.05) is 0 Å². The lowest BCUT2D eigenvalue weighted by Crippen LogP contribution is -2.53. The molecular weight excluding hydrogens is 479 g/mol. The van der Waals surface area contributed by atoms with Crippen LogP contribution in [0.2, 0.25) is 0 Å². The van der Waals surface area contributed by atoms with Gasteiger partial charge in [-0.05, 0) is 60.9 Å². The molecule has 30 heavy (non-hydrogen) atoms. The van der Waals surface area contributed by atoms with E-state index in [9.17, 15) is 0 Å². The van der Waals surface area contributed by atoms with Crippen molar-refractivity contribution in [2.24, 2.45) is 11.3 Å². The van der Waals surface area contributed by atoms with Crippen molar-refractivity contribution in [1.82, 2.24) is 9.47 Å². The van der Waals surface area contributed by atoms with Crippen LogP contribution in [0.15, 0.2) is 48.5 Å². The summed E-state index contributed by atoms with van der Waals surface area (Å²) in [7, 11) is 0. The molecule has 2 aromatic carbocycles. The second kappa shape index (κ2) is 8.23. The van der Waals surface area contributed by atoms with E-state index in [4.69, 9.17) is 0 Å². The third-order valence-corrected chi connectivity index (χ3v) is 9.05. The molecule has 3 heteroatoms. The van der Waals surface area contributed by atoms with Crippen molar-refractivity contribution < 1.29 is 0 Å². The Labute approximate surface area is 191 Å². The van der Waals surface area contributed by atoms with Gasteiger partial charge in [0, 0.05) is 52.3 Å². The van der Waals surface area contributed by atoms with Crippen molar-refractivity contribution in [3.8, 4) is 0 Å². The average molecular weight is 512 g/mol. The highest BCUT2D eigenvalue weighted by atomic mass is 127. The van der Waals surface area contributed by atoms with Gasteiger partial charge in [-0.25, -0.2) is 0 Å². The predicted molar refractivity (Wildman–Crippen MR) is 138 cm³/mol. The van der Waals surface area contributed by atoms with Crippen LogP contribution in [0.5, 0.6) is 0 Å². The minimum Gasteiger partial charge on any atom is -0.344 e. The van der Waals surface area contributed by atoms with Crippen LogP contribution >= 0.6 is 20.7 Å². The van der Waals surface area contributed by atoms with E-state index in [-0.39, 0.29) is 20.7 Å². The van der Waals surface area contributed by atoms with Crippen LogP contribution in [-0.2, 0) is 13.0 Å². The lowest BCUT2D eigenvalue weighted by Gasteiger charge is -2.48. The Kier molecular flexibility index (Phi) is 5.61. The fraction of sp³-hybridized carbons (Fsp3) is 0.444. The van der Waals surface area contributed by atoms with Gasteiger partial charge in [-0.2, -0.15) is 0 Å². The molecule has 2 aliphatic rings. The lowest BCUT2D eigenvalue weighted by molar-refractivity contribution is 0.0120. The van der Waals surface area contributed by atoms with Crippen molar-refractivity contribution in [3.63, 3.8) is 0 Å². The summed E-state index contributed by atoms with van der Waals surface area (Å²) in [5.74, 6) is 0.788. The summed E-state index contributed by atoms with van der Waals surface area (Å²) in [5, 5.41) is 1.43. The van der Waals surface area contributed by atoms with Gasteiger partial charge in [-0.15, -0.1) is 0 Å². The Bertz CT molecular complexity index is 1050. The van der Waals surface area contributed by atoms with Gasteiger partial charge in [0.25, 0.3) is 0 Å². The van der Waals surface area contributed by atoms with Crippen molar-refractivity contribution in [2.45, 2.75) is 46.1 Å². The highest BCUT2D eigenvalue weighted by Gasteiger charge is 2.37. The zero-order valence-corrected chi connectivity index (χ0v) is 20.5. The van der Waals surface area contributed by atoms with Crippen LogP contribution in [-0.4, -0.2) is 33.6 Å². The van der Waals surface area contributed by atoms with Crippen LogP contribution < -0.4 is 0 Å². The van der Waals surface area contributed by atoms with Crippen molar-refractivity contribution in [1.29, 1.82) is 0 Å². The molecule has 0 atom stereocenters. The minimum atomic E-state index is -0.0698. The molecule has 1 aromatic heterocycles. The van der Waals surface area contributed by atoms with E-state index in [0.717, 1.165) is 18.9 Å². The standard InChI is InChI=1S/C27H33IN2/c1-20-25(15-21-9-11-23(28-3)12-10-21)24-7-4-5-8-26(24)30(20)18-22-16-29(17-22)19-27(2)13-6-14-27/h4-5,7-12,22H,3,6,13-19H2,1-2H3. The summed E-state index contributed by atoms with van der Waals surface area (Å²) in [6.45, 7) is 9.82. The molecule has 2 heterocycles. The molecule has 3 aromatic rings. The topological polar surface area (TPSA) is 8.17 Å². The molecule has 0 unspecified atom stereocenters. The van der Waals surface area contributed by atoms with Gasteiger partial charge >= 0.3 is 0 Å². The summed E-state index contributed by atoms with van der Waals surface area (Å²) in [6, 6.07) is 18.2. The van der Waals surface area contributed by atoms with Crippen LogP contribution in [0.25, 0.3) is 10.9 Å². The number of aromatic nitrogens is 1. The molecule has 0 radical (unpaired) electrons. The third-order valence-electron chi connectivity index (χ3n) is 7.45. The van der Waals surface area contributed by atoms with Crippen LogP contribution in [0.3, 0.4) is 0 Å². The fourth-order valence-corrected chi connectivity index (χ4v) is 6.38. The molecule has 158 valence electrons. The number of fused-ring (bicyclic) bond motifs is 1. The second-order valence-corrected chi connectivity index (χ2v) is 11.9. The van der Waals surface area contributed by atoms with E-state index < -0.39 is 0 Å². The van der Waals surface area contributed by atoms with Crippen LogP contribution in [0, 0.1) is 21.8 Å². The largest absolute Gasteiger partial charge is 0.344 e. The Hall–Kier alpha value is -1.46. The number of nitrogens with zero attached hydrogens (tertiary/aromatic N) is 2. The number of rotatable bonds is 7. The van der Waals surface area contributed by atoms with E-state index >= 15 is 0 Å². The Morgan fingerprint density at radius 1 is 1.07 bits per heavy atom. The zero-order valence-electron chi connectivity index (χ0n) is 18.3. The molecule has 5 rings (SSSR count). The van der Waals surface area contributed by atoms with Crippen molar-refractivity contribution >= 4 is 36.1 Å². The molecule has 2 fully saturated rings. The minimum absolute atomic E-state index is 0.0698. The van der Waals surface area contributed by atoms with E-state index in [1.54, 1.807) is 0 Å². The maximum absolute atomic E-state index is 4.11. The Morgan fingerprint density at radius 2 is 1.80 bits per heavy atom. The van der Waals surface area contributed by atoms with Gasteiger partial charge in [0.2, 0.25) is 0 Å². The molecule has 0 N–H and O–H groups in total. The first-order valence-corrected chi connectivity index (χ1v) is 13.9. The molecular formula is C27H33IN2. The Balaban J connectivity index is 1.34. The SMILES string of the molecule is C=Ic1ccc(Cc2c(C)n(CC3CN(CC4(C)CCC4)C3)c3ccccc23)cc1. The average Bonchev–Trinajstić information content (AvgIpc) is 2.97. The van der Waals surface area contributed by atoms with Gasteiger partial charge in [0.15, 0.2) is 0 Å². The predicted octanol–water partition coefficient (Wildman–Crippen LogP) is 6.23. The number of hydrogen-bond acceptors (Lipinski definition) is 1. The molecule has 0 spiro atoms. The maximum Gasteiger partial charge on any atom is 0.0485 e. The molecule has 0 bridgehead atoms. The van der Waals surface area contributed by atoms with Gasteiger partial charge in [0.1, 0.15) is 0 Å². The van der Waals surface area contributed by atoms with Gasteiger partial charge < -0.3 is 9.47 Å². The lowest BCUT2D eigenvalue weighted by atomic mass is 9.69. The molecule has 1 aliphatic carbocycles. The maximum atomic E-state index is 4.11. The summed E-state index contributed by atoms with van der Waals surface area (Å²) in [6.07, 6.45) is 5.31. The van der Waals surface area contributed by atoms with E-state index in [1.165, 1.54) is 70.2 Å². The highest BCUT2D eigenvalue weighted by molar-refractivity contribution is 14.2. The number of benzene rings is 2. The molecule has 1 saturated heterocycles.